The molecule has 0 bridgehead atoms. The first kappa shape index (κ1) is 17.0. The average molecular weight is 350 g/mol. The summed E-state index contributed by atoms with van der Waals surface area (Å²) in [6.45, 7) is 2.21. The molecule has 3 amide bonds. The molecule has 1 aliphatic heterocycles. The number of likely N-dealkylation sites (tertiary alicyclic amines) is 1. The molecular formula is C16H22N4O3S. The van der Waals surface area contributed by atoms with E-state index < -0.39 is 0 Å². The van der Waals surface area contributed by atoms with E-state index in [1.165, 1.54) is 16.2 Å². The zero-order valence-electron chi connectivity index (χ0n) is 13.8. The zero-order chi connectivity index (χ0) is 17.1. The molecule has 7 nitrogen and oxygen atoms in total. The summed E-state index contributed by atoms with van der Waals surface area (Å²) < 4.78 is 0. The minimum Gasteiger partial charge on any atom is -0.300 e. The van der Waals surface area contributed by atoms with Gasteiger partial charge in [0.15, 0.2) is 0 Å². The Morgan fingerprint density at radius 3 is 2.50 bits per heavy atom. The van der Waals surface area contributed by atoms with Gasteiger partial charge in [-0.05, 0) is 19.3 Å². The van der Waals surface area contributed by atoms with Crippen molar-refractivity contribution in [3.63, 3.8) is 0 Å². The van der Waals surface area contributed by atoms with E-state index >= 15 is 0 Å². The summed E-state index contributed by atoms with van der Waals surface area (Å²) in [6.07, 6.45) is 5.51. The Morgan fingerprint density at radius 1 is 1.21 bits per heavy atom. The Labute approximate surface area is 144 Å². The molecular weight excluding hydrogens is 328 g/mol. The molecule has 0 spiro atoms. The summed E-state index contributed by atoms with van der Waals surface area (Å²) in [5.74, 6) is -0.759. The van der Waals surface area contributed by atoms with Crippen molar-refractivity contribution in [3.05, 3.63) is 5.01 Å². The third kappa shape index (κ3) is 3.48. The summed E-state index contributed by atoms with van der Waals surface area (Å²) in [7, 11) is 0. The first-order valence-corrected chi connectivity index (χ1v) is 9.39. The number of imide groups is 1. The van der Waals surface area contributed by atoms with E-state index in [4.69, 9.17) is 0 Å². The van der Waals surface area contributed by atoms with Crippen molar-refractivity contribution in [2.24, 2.45) is 11.8 Å². The maximum absolute atomic E-state index is 12.3. The number of anilines is 1. The number of aryl methyl sites for hydroxylation is 1. The molecule has 2 aliphatic rings. The van der Waals surface area contributed by atoms with Crippen LogP contribution >= 0.6 is 11.3 Å². The fourth-order valence-corrected chi connectivity index (χ4v) is 4.32. The van der Waals surface area contributed by atoms with Gasteiger partial charge in [0.25, 0.3) is 0 Å². The van der Waals surface area contributed by atoms with Crippen LogP contribution in [0.1, 0.15) is 50.5 Å². The number of nitrogens with one attached hydrogen (secondary N) is 1. The predicted molar refractivity (Wildman–Crippen MR) is 89.3 cm³/mol. The normalized spacial score (nSPS) is 23.5. The number of hydrogen-bond donors (Lipinski definition) is 1. The topological polar surface area (TPSA) is 92.3 Å². The van der Waals surface area contributed by atoms with Gasteiger partial charge in [-0.2, -0.15) is 0 Å². The van der Waals surface area contributed by atoms with E-state index in [2.05, 4.69) is 22.4 Å². The van der Waals surface area contributed by atoms with Crippen LogP contribution in [0, 0.1) is 11.8 Å². The Hall–Kier alpha value is -1.83. The molecule has 8 heteroatoms. The number of carbonyl (C=O) groups excluding carboxylic acids is 3. The fourth-order valence-electron chi connectivity index (χ4n) is 3.47. The quantitative estimate of drug-likeness (QED) is 0.792. The molecule has 0 aromatic carbocycles. The maximum Gasteiger partial charge on any atom is 0.233 e. The summed E-state index contributed by atoms with van der Waals surface area (Å²) in [5, 5.41) is 12.0. The molecule has 0 radical (unpaired) electrons. The molecule has 1 saturated carbocycles. The molecule has 2 fully saturated rings. The van der Waals surface area contributed by atoms with E-state index in [1.807, 2.05) is 0 Å². The first-order valence-electron chi connectivity index (χ1n) is 8.57. The number of amides is 3. The fraction of sp³-hybridized carbons (Fsp3) is 0.688. The van der Waals surface area contributed by atoms with E-state index in [0.717, 1.165) is 43.5 Å². The van der Waals surface area contributed by atoms with Gasteiger partial charge in [-0.3, -0.25) is 19.3 Å². The van der Waals surface area contributed by atoms with Gasteiger partial charge in [0, 0.05) is 19.4 Å². The van der Waals surface area contributed by atoms with E-state index in [-0.39, 0.29) is 42.5 Å². The molecule has 1 aromatic rings. The highest BCUT2D eigenvalue weighted by Gasteiger charge is 2.47. The van der Waals surface area contributed by atoms with Crippen LogP contribution in [0.5, 0.6) is 0 Å². The Kier molecular flexibility index (Phi) is 5.23. The second kappa shape index (κ2) is 7.38. The second-order valence-electron chi connectivity index (χ2n) is 6.37. The Bertz CT molecular complexity index is 621. The summed E-state index contributed by atoms with van der Waals surface area (Å²) >= 11 is 1.36. The second-order valence-corrected chi connectivity index (χ2v) is 7.44. The van der Waals surface area contributed by atoms with Gasteiger partial charge in [-0.1, -0.05) is 31.1 Å². The largest absolute Gasteiger partial charge is 0.300 e. The highest BCUT2D eigenvalue weighted by molar-refractivity contribution is 7.15. The molecule has 2 atom stereocenters. The maximum atomic E-state index is 12.3. The number of nitrogens with zero attached hydrogens (tertiary/aromatic N) is 3. The molecule has 1 aliphatic carbocycles. The van der Waals surface area contributed by atoms with Crippen molar-refractivity contribution in [3.8, 4) is 0 Å². The van der Waals surface area contributed by atoms with Crippen molar-refractivity contribution in [1.82, 2.24) is 15.1 Å². The van der Waals surface area contributed by atoms with E-state index in [1.54, 1.807) is 0 Å². The number of carbonyl (C=O) groups is 3. The van der Waals surface area contributed by atoms with Crippen molar-refractivity contribution in [2.45, 2.75) is 51.9 Å². The van der Waals surface area contributed by atoms with Crippen molar-refractivity contribution >= 4 is 34.2 Å². The molecule has 1 aromatic heterocycles. The molecule has 2 heterocycles. The van der Waals surface area contributed by atoms with Crippen LogP contribution in [0.3, 0.4) is 0 Å². The van der Waals surface area contributed by atoms with E-state index in [0.29, 0.717) is 5.13 Å². The molecule has 0 unspecified atom stereocenters. The minimum absolute atomic E-state index is 0.0968. The minimum atomic E-state index is -0.246. The SMILES string of the molecule is CCCc1nnc(NC(=O)CCN2C(=O)[C@@H]3CCCC[C@H]3C2=O)s1. The third-order valence-electron chi connectivity index (χ3n) is 4.67. The van der Waals surface area contributed by atoms with Gasteiger partial charge in [0.1, 0.15) is 5.01 Å². The number of aromatic nitrogens is 2. The van der Waals surface area contributed by atoms with Crippen LogP contribution in [0.4, 0.5) is 5.13 Å². The van der Waals surface area contributed by atoms with Crippen molar-refractivity contribution < 1.29 is 14.4 Å². The van der Waals surface area contributed by atoms with Crippen LogP contribution in [-0.4, -0.2) is 39.4 Å². The standard InChI is InChI=1S/C16H22N4O3S/c1-2-5-13-18-19-16(24-13)17-12(21)8-9-20-14(22)10-6-3-4-7-11(10)15(20)23/h10-11H,2-9H2,1H3,(H,17,19,21)/t10-,11-/m1/s1. The summed E-state index contributed by atoms with van der Waals surface area (Å²) in [5.41, 5.74) is 0. The monoisotopic (exact) mass is 350 g/mol. The van der Waals surface area contributed by atoms with Crippen LogP contribution in [-0.2, 0) is 20.8 Å². The zero-order valence-corrected chi connectivity index (χ0v) is 14.6. The van der Waals surface area contributed by atoms with Crippen LogP contribution in [0.25, 0.3) is 0 Å². The number of rotatable bonds is 6. The van der Waals surface area contributed by atoms with Crippen molar-refractivity contribution in [1.29, 1.82) is 0 Å². The number of hydrogen-bond acceptors (Lipinski definition) is 6. The smallest absolute Gasteiger partial charge is 0.233 e. The summed E-state index contributed by atoms with van der Waals surface area (Å²) in [6, 6.07) is 0. The van der Waals surface area contributed by atoms with Crippen LogP contribution < -0.4 is 5.32 Å². The molecule has 1 N–H and O–H groups in total. The lowest BCUT2D eigenvalue weighted by Gasteiger charge is -2.19. The molecule has 1 saturated heterocycles. The van der Waals surface area contributed by atoms with Crippen LogP contribution in [0.15, 0.2) is 0 Å². The highest BCUT2D eigenvalue weighted by atomic mass is 32.1. The molecule has 24 heavy (non-hydrogen) atoms. The van der Waals surface area contributed by atoms with Gasteiger partial charge in [-0.25, -0.2) is 0 Å². The lowest BCUT2D eigenvalue weighted by molar-refractivity contribution is -0.140. The van der Waals surface area contributed by atoms with Gasteiger partial charge < -0.3 is 5.32 Å². The average Bonchev–Trinajstić information content (AvgIpc) is 3.10. The molecule has 130 valence electrons. The Morgan fingerprint density at radius 2 is 1.88 bits per heavy atom. The van der Waals surface area contributed by atoms with Gasteiger partial charge in [-0.15, -0.1) is 10.2 Å². The third-order valence-corrected chi connectivity index (χ3v) is 5.57. The van der Waals surface area contributed by atoms with Gasteiger partial charge in [0.2, 0.25) is 22.9 Å². The molecule has 3 rings (SSSR count). The Balaban J connectivity index is 1.52. The van der Waals surface area contributed by atoms with E-state index in [9.17, 15) is 14.4 Å². The van der Waals surface area contributed by atoms with Gasteiger partial charge in [0.05, 0.1) is 11.8 Å². The lowest BCUT2D eigenvalue weighted by Crippen LogP contribution is -2.34. The highest BCUT2D eigenvalue weighted by Crippen LogP contribution is 2.37. The first-order chi connectivity index (χ1) is 11.6. The van der Waals surface area contributed by atoms with Gasteiger partial charge >= 0.3 is 0 Å². The number of fused-ring (bicyclic) bond motifs is 1. The predicted octanol–water partition coefficient (Wildman–Crippen LogP) is 1.99. The van der Waals surface area contributed by atoms with Crippen molar-refractivity contribution in [2.75, 3.05) is 11.9 Å². The lowest BCUT2D eigenvalue weighted by atomic mass is 9.81. The van der Waals surface area contributed by atoms with Crippen LogP contribution in [0.2, 0.25) is 0 Å². The summed E-state index contributed by atoms with van der Waals surface area (Å²) in [4.78, 5) is 38.0.